The summed E-state index contributed by atoms with van der Waals surface area (Å²) in [6.07, 6.45) is 4.45. The van der Waals surface area contributed by atoms with Crippen LogP contribution in [0, 0.1) is 18.8 Å². The number of aryl methyl sites for hydroxylation is 1. The molecule has 3 saturated heterocycles. The van der Waals surface area contributed by atoms with Gasteiger partial charge in [-0.15, -0.1) is 11.3 Å². The molecular weight excluding hydrogens is 336 g/mol. The van der Waals surface area contributed by atoms with Gasteiger partial charge in [-0.3, -0.25) is 9.59 Å². The Morgan fingerprint density at radius 3 is 3.08 bits per heavy atom. The minimum Gasteiger partial charge on any atom is -0.354 e. The monoisotopic (exact) mass is 362 g/mol. The maximum Gasteiger partial charge on any atom is 0.243 e. The van der Waals surface area contributed by atoms with E-state index in [1.165, 1.54) is 4.88 Å². The second kappa shape index (κ2) is 7.03. The average molecular weight is 362 g/mol. The molecule has 2 bridgehead atoms. The van der Waals surface area contributed by atoms with Crippen LogP contribution in [0.4, 0.5) is 0 Å². The third-order valence-electron chi connectivity index (χ3n) is 6.01. The lowest BCUT2D eigenvalue weighted by Crippen LogP contribution is -2.68. The second-order valence-electron chi connectivity index (χ2n) is 7.52. The number of piperidine rings is 3. The summed E-state index contributed by atoms with van der Waals surface area (Å²) in [6, 6.07) is -0.0609. The third kappa shape index (κ3) is 3.19. The number of hydrogen-bond acceptors (Lipinski definition) is 5. The van der Waals surface area contributed by atoms with Gasteiger partial charge in [0.25, 0.3) is 0 Å². The zero-order valence-corrected chi connectivity index (χ0v) is 15.5. The van der Waals surface area contributed by atoms with Gasteiger partial charge in [0.15, 0.2) is 0 Å². The van der Waals surface area contributed by atoms with Crippen molar-refractivity contribution in [1.29, 1.82) is 0 Å². The molecule has 3 aliphatic rings. The van der Waals surface area contributed by atoms with Gasteiger partial charge in [0.1, 0.15) is 6.04 Å². The van der Waals surface area contributed by atoms with E-state index in [0.717, 1.165) is 44.5 Å². The van der Waals surface area contributed by atoms with E-state index in [4.69, 9.17) is 0 Å². The first kappa shape index (κ1) is 17.0. The van der Waals surface area contributed by atoms with Crippen molar-refractivity contribution >= 4 is 23.2 Å². The summed E-state index contributed by atoms with van der Waals surface area (Å²) in [4.78, 5) is 33.0. The Bertz CT molecular complexity index is 661. The van der Waals surface area contributed by atoms with Crippen molar-refractivity contribution in [3.63, 3.8) is 0 Å². The summed E-state index contributed by atoms with van der Waals surface area (Å²) in [5, 5.41) is 6.57. The van der Waals surface area contributed by atoms with E-state index in [-0.39, 0.29) is 29.8 Å². The fraction of sp³-hybridized carbons (Fsp3) is 0.722. The fourth-order valence-electron chi connectivity index (χ4n) is 4.82. The molecule has 2 amide bonds. The van der Waals surface area contributed by atoms with Crippen molar-refractivity contribution in [2.45, 2.75) is 51.1 Å². The molecule has 25 heavy (non-hydrogen) atoms. The van der Waals surface area contributed by atoms with E-state index in [1.807, 2.05) is 17.3 Å². The second-order valence-corrected chi connectivity index (χ2v) is 8.46. The lowest BCUT2D eigenvalue weighted by atomic mass is 9.72. The molecule has 1 aromatic heterocycles. The van der Waals surface area contributed by atoms with Crippen LogP contribution in [0.25, 0.3) is 0 Å². The molecule has 4 heterocycles. The standard InChI is InChI=1S/C18H26N4O2S/c1-11-15(25-10-21-11)5-6-20-18(24)17-13-7-12(8-19-9-13)14-3-2-4-16(23)22(14)17/h10,12-14,17,19H,2-9H2,1H3,(H,20,24)/t12-,13+,14+,17-/m1/s1. The normalized spacial score (nSPS) is 31.6. The lowest BCUT2D eigenvalue weighted by molar-refractivity contribution is -0.157. The minimum absolute atomic E-state index is 0.0227. The number of rotatable bonds is 4. The molecule has 0 unspecified atom stereocenters. The van der Waals surface area contributed by atoms with E-state index in [2.05, 4.69) is 15.6 Å². The number of hydrogen-bond donors (Lipinski definition) is 2. The van der Waals surface area contributed by atoms with Crippen LogP contribution in [0.2, 0.25) is 0 Å². The molecule has 0 radical (unpaired) electrons. The molecule has 1 aromatic rings. The van der Waals surface area contributed by atoms with Gasteiger partial charge < -0.3 is 15.5 Å². The van der Waals surface area contributed by atoms with Gasteiger partial charge in [-0.2, -0.15) is 0 Å². The zero-order chi connectivity index (χ0) is 17.4. The van der Waals surface area contributed by atoms with E-state index in [1.54, 1.807) is 11.3 Å². The third-order valence-corrected chi connectivity index (χ3v) is 7.00. The van der Waals surface area contributed by atoms with Crippen molar-refractivity contribution in [2.24, 2.45) is 11.8 Å². The number of fused-ring (bicyclic) bond motifs is 4. The summed E-state index contributed by atoms with van der Waals surface area (Å²) in [5.74, 6) is 0.940. The first-order chi connectivity index (χ1) is 12.1. The fourth-order valence-corrected chi connectivity index (χ4v) is 5.60. The first-order valence-corrected chi connectivity index (χ1v) is 10.2. The molecule has 0 aliphatic carbocycles. The highest BCUT2D eigenvalue weighted by molar-refractivity contribution is 7.09. The first-order valence-electron chi connectivity index (χ1n) is 9.33. The number of nitrogens with one attached hydrogen (secondary N) is 2. The Balaban J connectivity index is 1.45. The quantitative estimate of drug-likeness (QED) is 0.841. The van der Waals surface area contributed by atoms with E-state index in [9.17, 15) is 9.59 Å². The average Bonchev–Trinajstić information content (AvgIpc) is 3.01. The highest BCUT2D eigenvalue weighted by Crippen LogP contribution is 2.39. The largest absolute Gasteiger partial charge is 0.354 e. The minimum atomic E-state index is -0.301. The van der Waals surface area contributed by atoms with Crippen LogP contribution >= 0.6 is 11.3 Å². The van der Waals surface area contributed by atoms with Gasteiger partial charge in [-0.25, -0.2) is 4.98 Å². The summed E-state index contributed by atoms with van der Waals surface area (Å²) >= 11 is 1.63. The molecule has 0 spiro atoms. The molecule has 0 aromatic carbocycles. The van der Waals surface area contributed by atoms with Gasteiger partial charge in [-0.1, -0.05) is 0 Å². The Hall–Kier alpha value is -1.47. The number of thiazole rings is 1. The Kier molecular flexibility index (Phi) is 4.78. The molecule has 4 rings (SSSR count). The Morgan fingerprint density at radius 2 is 2.28 bits per heavy atom. The van der Waals surface area contributed by atoms with Gasteiger partial charge in [0, 0.05) is 42.8 Å². The molecule has 7 heteroatoms. The van der Waals surface area contributed by atoms with Crippen LogP contribution in [-0.2, 0) is 16.0 Å². The SMILES string of the molecule is Cc1ncsc1CCNC(=O)[C@H]1[C@@H]2CNC[C@@H](C2)[C@@H]2CCCC(=O)N21. The molecule has 3 aliphatic heterocycles. The molecule has 4 atom stereocenters. The van der Waals surface area contributed by atoms with Gasteiger partial charge in [0.2, 0.25) is 11.8 Å². The maximum atomic E-state index is 13.0. The molecule has 2 N–H and O–H groups in total. The van der Waals surface area contributed by atoms with Gasteiger partial charge in [0.05, 0.1) is 11.2 Å². The number of carbonyl (C=O) groups is 2. The van der Waals surface area contributed by atoms with Crippen molar-refractivity contribution in [1.82, 2.24) is 20.5 Å². The van der Waals surface area contributed by atoms with Gasteiger partial charge >= 0.3 is 0 Å². The maximum absolute atomic E-state index is 13.0. The summed E-state index contributed by atoms with van der Waals surface area (Å²) in [6.45, 7) is 4.41. The zero-order valence-electron chi connectivity index (χ0n) is 14.7. The van der Waals surface area contributed by atoms with Crippen LogP contribution in [0.5, 0.6) is 0 Å². The van der Waals surface area contributed by atoms with E-state index >= 15 is 0 Å². The van der Waals surface area contributed by atoms with Gasteiger partial charge in [-0.05, 0) is 38.6 Å². The Morgan fingerprint density at radius 1 is 1.44 bits per heavy atom. The van der Waals surface area contributed by atoms with Crippen molar-refractivity contribution in [3.05, 3.63) is 16.1 Å². The topological polar surface area (TPSA) is 74.3 Å². The molecule has 6 nitrogen and oxygen atoms in total. The van der Waals surface area contributed by atoms with Crippen molar-refractivity contribution in [3.8, 4) is 0 Å². The van der Waals surface area contributed by atoms with Crippen molar-refractivity contribution in [2.75, 3.05) is 19.6 Å². The van der Waals surface area contributed by atoms with Crippen LogP contribution in [0.15, 0.2) is 5.51 Å². The smallest absolute Gasteiger partial charge is 0.243 e. The van der Waals surface area contributed by atoms with Crippen molar-refractivity contribution < 1.29 is 9.59 Å². The molecule has 136 valence electrons. The predicted octanol–water partition coefficient (Wildman–Crippen LogP) is 1.10. The highest BCUT2D eigenvalue weighted by Gasteiger charge is 2.50. The van der Waals surface area contributed by atoms with E-state index < -0.39 is 0 Å². The summed E-state index contributed by atoms with van der Waals surface area (Å²) < 4.78 is 0. The number of amides is 2. The van der Waals surface area contributed by atoms with E-state index in [0.29, 0.717) is 18.9 Å². The molecule has 3 fully saturated rings. The van der Waals surface area contributed by atoms with Crippen LogP contribution in [0.1, 0.15) is 36.3 Å². The number of carbonyl (C=O) groups excluding carboxylic acids is 2. The Labute approximate surface area is 152 Å². The number of nitrogens with zero attached hydrogens (tertiary/aromatic N) is 2. The summed E-state index contributed by atoms with van der Waals surface area (Å²) in [5.41, 5.74) is 2.89. The lowest BCUT2D eigenvalue weighted by Gasteiger charge is -2.53. The van der Waals surface area contributed by atoms with Crippen LogP contribution in [-0.4, -0.2) is 53.4 Å². The molecular formula is C18H26N4O2S. The van der Waals surface area contributed by atoms with Crippen LogP contribution < -0.4 is 10.6 Å². The number of aromatic nitrogens is 1. The molecule has 0 saturated carbocycles. The summed E-state index contributed by atoms with van der Waals surface area (Å²) in [7, 11) is 0. The van der Waals surface area contributed by atoms with Crippen LogP contribution in [0.3, 0.4) is 0 Å². The highest BCUT2D eigenvalue weighted by atomic mass is 32.1. The predicted molar refractivity (Wildman–Crippen MR) is 96.3 cm³/mol.